The van der Waals surface area contributed by atoms with Crippen molar-refractivity contribution in [1.82, 2.24) is 0 Å². The number of nitrogens with one attached hydrogen (secondary N) is 2. The van der Waals surface area contributed by atoms with E-state index < -0.39 is 6.04 Å². The summed E-state index contributed by atoms with van der Waals surface area (Å²) in [6.45, 7) is 2.75. The fourth-order valence-corrected chi connectivity index (χ4v) is 3.65. The summed E-state index contributed by atoms with van der Waals surface area (Å²) in [6, 6.07) is 24.5. The average Bonchev–Trinajstić information content (AvgIpc) is 3.20. The van der Waals surface area contributed by atoms with Crippen molar-refractivity contribution in [1.29, 1.82) is 0 Å². The molecule has 1 aliphatic rings. The Hall–Kier alpha value is -3.60. The van der Waals surface area contributed by atoms with Crippen LogP contribution in [-0.2, 0) is 9.59 Å². The summed E-state index contributed by atoms with van der Waals surface area (Å²) >= 11 is 0. The largest absolute Gasteiger partial charge is 0.370 e. The lowest BCUT2D eigenvalue weighted by Crippen LogP contribution is -2.27. The number of hydrogen-bond donors (Lipinski definition) is 2. The molecule has 30 heavy (non-hydrogen) atoms. The van der Waals surface area contributed by atoms with Gasteiger partial charge in [0.15, 0.2) is 0 Å². The number of anilines is 3. The highest BCUT2D eigenvalue weighted by molar-refractivity contribution is 5.98. The van der Waals surface area contributed by atoms with E-state index in [0.29, 0.717) is 6.42 Å². The zero-order valence-electron chi connectivity index (χ0n) is 17.0. The first kappa shape index (κ1) is 19.7. The molecule has 4 rings (SSSR count). The highest BCUT2D eigenvalue weighted by Gasteiger charge is 2.23. The lowest BCUT2D eigenvalue weighted by atomic mass is 10.1. The monoisotopic (exact) mass is 399 g/mol. The van der Waals surface area contributed by atoms with Crippen molar-refractivity contribution >= 4 is 28.9 Å². The molecule has 5 nitrogen and oxygen atoms in total. The van der Waals surface area contributed by atoms with Crippen LogP contribution in [0.3, 0.4) is 0 Å². The minimum Gasteiger partial charge on any atom is -0.370 e. The molecule has 1 fully saturated rings. The van der Waals surface area contributed by atoms with E-state index in [9.17, 15) is 9.59 Å². The topological polar surface area (TPSA) is 61.4 Å². The molecule has 0 spiro atoms. The minimum absolute atomic E-state index is 0.142. The molecule has 1 aliphatic heterocycles. The Balaban J connectivity index is 1.58. The summed E-state index contributed by atoms with van der Waals surface area (Å²) in [5.41, 5.74) is 4.40. The van der Waals surface area contributed by atoms with E-state index in [1.54, 1.807) is 4.90 Å². The van der Waals surface area contributed by atoms with Crippen LogP contribution in [0.15, 0.2) is 78.9 Å². The number of carbonyl (C=O) groups excluding carboxylic acids is 2. The van der Waals surface area contributed by atoms with Crippen LogP contribution >= 0.6 is 0 Å². The third-order valence-corrected chi connectivity index (χ3v) is 5.26. The van der Waals surface area contributed by atoms with Crippen LogP contribution in [0, 0.1) is 6.92 Å². The van der Waals surface area contributed by atoms with Crippen molar-refractivity contribution in [2.75, 3.05) is 22.1 Å². The molecule has 0 bridgehead atoms. The fraction of sp³-hybridized carbons (Fsp3) is 0.200. The lowest BCUT2D eigenvalue weighted by Gasteiger charge is -2.22. The fourth-order valence-electron chi connectivity index (χ4n) is 3.65. The van der Waals surface area contributed by atoms with Crippen molar-refractivity contribution in [2.24, 2.45) is 0 Å². The van der Waals surface area contributed by atoms with E-state index in [1.165, 1.54) is 0 Å². The van der Waals surface area contributed by atoms with Gasteiger partial charge in [0.2, 0.25) is 5.91 Å². The second-order valence-electron chi connectivity index (χ2n) is 7.54. The van der Waals surface area contributed by atoms with Gasteiger partial charge in [-0.05, 0) is 49.2 Å². The summed E-state index contributed by atoms with van der Waals surface area (Å²) < 4.78 is 0. The highest BCUT2D eigenvalue weighted by atomic mass is 16.2. The summed E-state index contributed by atoms with van der Waals surface area (Å²) in [7, 11) is 0. The first-order valence-corrected chi connectivity index (χ1v) is 10.2. The van der Waals surface area contributed by atoms with Crippen molar-refractivity contribution < 1.29 is 9.59 Å². The van der Waals surface area contributed by atoms with Gasteiger partial charge < -0.3 is 15.5 Å². The van der Waals surface area contributed by atoms with Crippen molar-refractivity contribution in [3.8, 4) is 0 Å². The molecule has 152 valence electrons. The Morgan fingerprint density at radius 3 is 2.40 bits per heavy atom. The number of benzene rings is 3. The molecule has 0 saturated carbocycles. The van der Waals surface area contributed by atoms with Gasteiger partial charge in [-0.15, -0.1) is 0 Å². The van der Waals surface area contributed by atoms with Gasteiger partial charge in [0, 0.05) is 30.0 Å². The van der Waals surface area contributed by atoms with Gasteiger partial charge in [-0.3, -0.25) is 9.59 Å². The van der Waals surface area contributed by atoms with Gasteiger partial charge in [-0.1, -0.05) is 54.1 Å². The predicted molar refractivity (Wildman–Crippen MR) is 121 cm³/mol. The summed E-state index contributed by atoms with van der Waals surface area (Å²) in [5, 5.41) is 6.35. The van der Waals surface area contributed by atoms with Crippen LogP contribution in [0.2, 0.25) is 0 Å². The van der Waals surface area contributed by atoms with Gasteiger partial charge in [-0.25, -0.2) is 0 Å². The quantitative estimate of drug-likeness (QED) is 0.619. The number of hydrogen-bond acceptors (Lipinski definition) is 3. The third kappa shape index (κ3) is 4.51. The normalized spacial score (nSPS) is 14.4. The second kappa shape index (κ2) is 8.82. The molecule has 1 atom stereocenters. The van der Waals surface area contributed by atoms with E-state index in [2.05, 4.69) is 10.6 Å². The van der Waals surface area contributed by atoms with Crippen molar-refractivity contribution in [2.45, 2.75) is 25.8 Å². The van der Waals surface area contributed by atoms with Crippen LogP contribution < -0.4 is 15.5 Å². The molecule has 0 radical (unpaired) electrons. The van der Waals surface area contributed by atoms with Gasteiger partial charge in [0.25, 0.3) is 5.91 Å². The number of rotatable bonds is 6. The smallest absolute Gasteiger partial charge is 0.251 e. The van der Waals surface area contributed by atoms with Crippen LogP contribution in [0.4, 0.5) is 17.1 Å². The van der Waals surface area contributed by atoms with E-state index in [0.717, 1.165) is 41.2 Å². The Morgan fingerprint density at radius 2 is 1.70 bits per heavy atom. The molecular weight excluding hydrogens is 374 g/mol. The zero-order chi connectivity index (χ0) is 20.9. The molecule has 5 heteroatoms. The molecule has 3 aromatic rings. The van der Waals surface area contributed by atoms with Crippen molar-refractivity contribution in [3.63, 3.8) is 0 Å². The number of amides is 2. The predicted octanol–water partition coefficient (Wildman–Crippen LogP) is 4.91. The molecule has 2 N–H and O–H groups in total. The van der Waals surface area contributed by atoms with E-state index >= 15 is 0 Å². The molecule has 1 heterocycles. The van der Waals surface area contributed by atoms with Crippen LogP contribution in [-0.4, -0.2) is 18.4 Å². The summed E-state index contributed by atoms with van der Waals surface area (Å²) in [4.78, 5) is 27.1. The Bertz CT molecular complexity index is 1030. The zero-order valence-corrected chi connectivity index (χ0v) is 17.0. The molecule has 0 unspecified atom stereocenters. The molecule has 0 aliphatic carbocycles. The van der Waals surface area contributed by atoms with Gasteiger partial charge >= 0.3 is 0 Å². The van der Waals surface area contributed by atoms with E-state index in [-0.39, 0.29) is 11.8 Å². The van der Waals surface area contributed by atoms with Gasteiger partial charge in [0.1, 0.15) is 6.04 Å². The third-order valence-electron chi connectivity index (χ3n) is 5.26. The molecule has 0 aromatic heterocycles. The number of nitrogens with zero attached hydrogens (tertiary/aromatic N) is 1. The van der Waals surface area contributed by atoms with Gasteiger partial charge in [0.05, 0.1) is 0 Å². The first-order valence-electron chi connectivity index (χ1n) is 10.2. The second-order valence-corrected chi connectivity index (χ2v) is 7.54. The molecular formula is C25H25N3O2. The van der Waals surface area contributed by atoms with Crippen LogP contribution in [0.1, 0.15) is 30.0 Å². The van der Waals surface area contributed by atoms with Gasteiger partial charge in [-0.2, -0.15) is 0 Å². The highest BCUT2D eigenvalue weighted by Crippen LogP contribution is 2.27. The Labute approximate surface area is 176 Å². The average molecular weight is 399 g/mol. The van der Waals surface area contributed by atoms with E-state index in [4.69, 9.17) is 0 Å². The maximum absolute atomic E-state index is 13.2. The molecule has 3 aromatic carbocycles. The minimum atomic E-state index is -0.572. The first-order chi connectivity index (χ1) is 14.6. The van der Waals surface area contributed by atoms with E-state index in [1.807, 2.05) is 85.8 Å². The molecule has 2 amide bonds. The standard InChI is InChI=1S/C25H25N3O2/c1-18-12-14-20(15-13-18)27-25(30)24(19-7-3-2-4-8-19)26-21-9-5-10-22(17-21)28-16-6-11-23(28)29/h2-5,7-10,12-15,17,24,26H,6,11,16H2,1H3,(H,27,30)/t24-/m0/s1. The molecule has 1 saturated heterocycles. The maximum Gasteiger partial charge on any atom is 0.251 e. The summed E-state index contributed by atoms with van der Waals surface area (Å²) in [6.07, 6.45) is 1.46. The lowest BCUT2D eigenvalue weighted by molar-refractivity contribution is -0.117. The SMILES string of the molecule is Cc1ccc(NC(=O)[C@@H](Nc2cccc(N3CCCC3=O)c2)c2ccccc2)cc1. The van der Waals surface area contributed by atoms with Crippen LogP contribution in [0.5, 0.6) is 0 Å². The number of carbonyl (C=O) groups is 2. The maximum atomic E-state index is 13.2. The van der Waals surface area contributed by atoms with Crippen molar-refractivity contribution in [3.05, 3.63) is 90.0 Å². The summed E-state index contributed by atoms with van der Waals surface area (Å²) in [5.74, 6) is -0.00317. The van der Waals surface area contributed by atoms with Crippen LogP contribution in [0.25, 0.3) is 0 Å². The number of aryl methyl sites for hydroxylation is 1. The Kier molecular flexibility index (Phi) is 5.80. The Morgan fingerprint density at radius 1 is 0.933 bits per heavy atom.